The molecular formula is C11H17OSSi. The number of thioether (sulfide) groups is 1. The number of hydrogen-bond acceptors (Lipinski definition) is 2. The maximum absolute atomic E-state index is 5.91. The Morgan fingerprint density at radius 1 is 1.14 bits per heavy atom. The van der Waals surface area contributed by atoms with Crippen LogP contribution in [0.3, 0.4) is 0 Å². The monoisotopic (exact) mass is 225 g/mol. The molecule has 0 spiro atoms. The van der Waals surface area contributed by atoms with E-state index in [1.807, 2.05) is 6.07 Å². The van der Waals surface area contributed by atoms with Gasteiger partial charge in [-0.05, 0) is 39.1 Å². The van der Waals surface area contributed by atoms with Crippen LogP contribution in [0.1, 0.15) is 13.8 Å². The van der Waals surface area contributed by atoms with Crippen LogP contribution >= 0.6 is 11.8 Å². The van der Waals surface area contributed by atoms with Gasteiger partial charge < -0.3 is 4.43 Å². The van der Waals surface area contributed by atoms with E-state index in [4.69, 9.17) is 4.43 Å². The molecule has 14 heavy (non-hydrogen) atoms. The molecule has 0 aliphatic carbocycles. The zero-order chi connectivity index (χ0) is 10.6. The Balaban J connectivity index is 2.59. The molecule has 3 heteroatoms. The second-order valence-corrected chi connectivity index (χ2v) is 7.50. The van der Waals surface area contributed by atoms with E-state index < -0.39 is 9.04 Å². The summed E-state index contributed by atoms with van der Waals surface area (Å²) >= 11 is 1.78. The van der Waals surface area contributed by atoms with Gasteiger partial charge in [0.1, 0.15) is 4.93 Å². The number of benzene rings is 1. The van der Waals surface area contributed by atoms with Gasteiger partial charge in [-0.25, -0.2) is 0 Å². The molecule has 0 aromatic heterocycles. The Morgan fingerprint density at radius 2 is 1.71 bits per heavy atom. The molecule has 0 bridgehead atoms. The minimum absolute atomic E-state index is 0.112. The summed E-state index contributed by atoms with van der Waals surface area (Å²) < 4.78 is 5.91. The number of rotatable bonds is 4. The van der Waals surface area contributed by atoms with Gasteiger partial charge in [-0.2, -0.15) is 0 Å². The lowest BCUT2D eigenvalue weighted by Crippen LogP contribution is -2.26. The van der Waals surface area contributed by atoms with Crippen molar-refractivity contribution in [3.8, 4) is 0 Å². The van der Waals surface area contributed by atoms with Crippen LogP contribution in [0.15, 0.2) is 35.2 Å². The summed E-state index contributed by atoms with van der Waals surface area (Å²) in [7, 11) is -0.632. The van der Waals surface area contributed by atoms with E-state index >= 15 is 0 Å². The van der Waals surface area contributed by atoms with E-state index in [1.54, 1.807) is 11.8 Å². The maximum Gasteiger partial charge on any atom is 0.206 e. The van der Waals surface area contributed by atoms with Crippen molar-refractivity contribution in [2.24, 2.45) is 0 Å². The zero-order valence-electron chi connectivity index (χ0n) is 9.20. The lowest BCUT2D eigenvalue weighted by molar-refractivity contribution is 0.210. The largest absolute Gasteiger partial charge is 0.403 e. The van der Waals surface area contributed by atoms with Crippen LogP contribution in [-0.4, -0.2) is 14.0 Å². The Morgan fingerprint density at radius 3 is 2.21 bits per heavy atom. The standard InChI is InChI=1S/C11H17OSSi/c1-11(2,12-14(3)4)13-10-8-6-5-7-9-10/h5-9H,1-4H3. The average molecular weight is 225 g/mol. The van der Waals surface area contributed by atoms with Crippen molar-refractivity contribution in [2.75, 3.05) is 0 Å². The van der Waals surface area contributed by atoms with Gasteiger partial charge in [-0.3, -0.25) is 0 Å². The molecule has 0 heterocycles. The first-order chi connectivity index (χ1) is 6.49. The van der Waals surface area contributed by atoms with Crippen molar-refractivity contribution >= 4 is 20.8 Å². The highest BCUT2D eigenvalue weighted by molar-refractivity contribution is 8.00. The highest BCUT2D eigenvalue weighted by atomic mass is 32.2. The molecule has 0 aliphatic heterocycles. The lowest BCUT2D eigenvalue weighted by Gasteiger charge is -2.26. The van der Waals surface area contributed by atoms with Crippen LogP contribution in [0.25, 0.3) is 0 Å². The third kappa shape index (κ3) is 4.31. The smallest absolute Gasteiger partial charge is 0.206 e. The molecule has 0 N–H and O–H groups in total. The third-order valence-electron chi connectivity index (χ3n) is 1.56. The van der Waals surface area contributed by atoms with Crippen LogP contribution in [0.2, 0.25) is 13.1 Å². The average Bonchev–Trinajstić information content (AvgIpc) is 2.02. The third-order valence-corrected chi connectivity index (χ3v) is 3.71. The van der Waals surface area contributed by atoms with Crippen molar-refractivity contribution in [3.05, 3.63) is 30.3 Å². The zero-order valence-corrected chi connectivity index (χ0v) is 11.0. The highest BCUT2D eigenvalue weighted by Crippen LogP contribution is 2.33. The molecule has 0 aliphatic rings. The van der Waals surface area contributed by atoms with E-state index in [2.05, 4.69) is 51.2 Å². The minimum atomic E-state index is -0.632. The molecule has 0 amide bonds. The Kier molecular flexibility index (Phi) is 4.23. The van der Waals surface area contributed by atoms with E-state index in [1.165, 1.54) is 4.90 Å². The summed E-state index contributed by atoms with van der Waals surface area (Å²) in [6, 6.07) is 10.4. The van der Waals surface area contributed by atoms with Gasteiger partial charge in [-0.15, -0.1) is 0 Å². The van der Waals surface area contributed by atoms with E-state index in [0.717, 1.165) is 0 Å². The molecule has 0 unspecified atom stereocenters. The van der Waals surface area contributed by atoms with Crippen LogP contribution < -0.4 is 0 Å². The molecule has 0 saturated carbocycles. The predicted molar refractivity (Wildman–Crippen MR) is 64.9 cm³/mol. The van der Waals surface area contributed by atoms with Crippen molar-refractivity contribution in [1.82, 2.24) is 0 Å². The van der Waals surface area contributed by atoms with Gasteiger partial charge in [-0.1, -0.05) is 30.0 Å². The van der Waals surface area contributed by atoms with Crippen LogP contribution in [0.4, 0.5) is 0 Å². The Bertz CT molecular complexity index is 272. The fourth-order valence-electron chi connectivity index (χ4n) is 1.28. The van der Waals surface area contributed by atoms with Gasteiger partial charge in [0.2, 0.25) is 9.04 Å². The molecule has 1 aromatic carbocycles. The minimum Gasteiger partial charge on any atom is -0.403 e. The van der Waals surface area contributed by atoms with Crippen molar-refractivity contribution in [1.29, 1.82) is 0 Å². The second-order valence-electron chi connectivity index (χ2n) is 3.83. The Labute approximate surface area is 92.6 Å². The van der Waals surface area contributed by atoms with Crippen molar-refractivity contribution < 1.29 is 4.43 Å². The first-order valence-electron chi connectivity index (χ1n) is 4.73. The maximum atomic E-state index is 5.91. The van der Waals surface area contributed by atoms with Gasteiger partial charge in [0, 0.05) is 4.90 Å². The molecule has 1 rings (SSSR count). The summed E-state index contributed by atoms with van der Waals surface area (Å²) in [5.74, 6) is 0. The lowest BCUT2D eigenvalue weighted by atomic mass is 10.4. The van der Waals surface area contributed by atoms with Gasteiger partial charge in [0.25, 0.3) is 0 Å². The SMILES string of the molecule is C[Si](C)OC(C)(C)Sc1ccccc1. The second kappa shape index (κ2) is 5.00. The topological polar surface area (TPSA) is 9.23 Å². The molecule has 0 saturated heterocycles. The first kappa shape index (κ1) is 11.8. The summed E-state index contributed by atoms with van der Waals surface area (Å²) in [6.07, 6.45) is 0. The molecular weight excluding hydrogens is 208 g/mol. The fourth-order valence-corrected chi connectivity index (χ4v) is 3.80. The molecule has 1 radical (unpaired) electrons. The van der Waals surface area contributed by atoms with Gasteiger partial charge >= 0.3 is 0 Å². The quantitative estimate of drug-likeness (QED) is 0.438. The van der Waals surface area contributed by atoms with E-state index in [9.17, 15) is 0 Å². The molecule has 1 aromatic rings. The molecule has 77 valence electrons. The Hall–Kier alpha value is -0.253. The summed E-state index contributed by atoms with van der Waals surface area (Å²) in [6.45, 7) is 8.58. The summed E-state index contributed by atoms with van der Waals surface area (Å²) in [5.41, 5.74) is 0. The molecule has 0 fully saturated rings. The number of hydrogen-bond donors (Lipinski definition) is 0. The van der Waals surface area contributed by atoms with E-state index in [0.29, 0.717) is 0 Å². The predicted octanol–water partition coefficient (Wildman–Crippen LogP) is 3.78. The molecule has 0 atom stereocenters. The van der Waals surface area contributed by atoms with Crippen molar-refractivity contribution in [3.63, 3.8) is 0 Å². The summed E-state index contributed by atoms with van der Waals surface area (Å²) in [4.78, 5) is 1.15. The van der Waals surface area contributed by atoms with Crippen LogP contribution in [0, 0.1) is 0 Å². The summed E-state index contributed by atoms with van der Waals surface area (Å²) in [5, 5.41) is 0. The normalized spacial score (nSPS) is 12.1. The highest BCUT2D eigenvalue weighted by Gasteiger charge is 2.21. The van der Waals surface area contributed by atoms with Crippen LogP contribution in [0.5, 0.6) is 0 Å². The van der Waals surface area contributed by atoms with Crippen LogP contribution in [-0.2, 0) is 4.43 Å². The fraction of sp³-hybridized carbons (Fsp3) is 0.455. The van der Waals surface area contributed by atoms with Gasteiger partial charge in [0.15, 0.2) is 0 Å². The first-order valence-corrected chi connectivity index (χ1v) is 7.95. The molecule has 1 nitrogen and oxygen atoms in total. The van der Waals surface area contributed by atoms with Gasteiger partial charge in [0.05, 0.1) is 0 Å². The van der Waals surface area contributed by atoms with Crippen molar-refractivity contribution in [2.45, 2.75) is 36.8 Å². The van der Waals surface area contributed by atoms with E-state index in [-0.39, 0.29) is 4.93 Å².